The molecule has 1 N–H and O–H groups in total. The largest absolute Gasteiger partial charge is 0.292 e. The standard InChI is InChI=1S/C15H23NO2/c1-4-15(2,3)11-7-5-10(6-8-11)12-9-13(17)16-14(12)18/h11H,4-9H2,1-3H3,(H,16,17,18). The first-order valence-corrected chi connectivity index (χ1v) is 6.99. The van der Waals surface area contributed by atoms with E-state index in [2.05, 4.69) is 26.1 Å². The molecule has 100 valence electrons. The highest BCUT2D eigenvalue weighted by Crippen LogP contribution is 2.43. The fraction of sp³-hybridized carbons (Fsp3) is 0.733. The van der Waals surface area contributed by atoms with Gasteiger partial charge < -0.3 is 0 Å². The van der Waals surface area contributed by atoms with Crippen molar-refractivity contribution in [1.29, 1.82) is 0 Å². The molecule has 1 heterocycles. The van der Waals surface area contributed by atoms with E-state index in [-0.39, 0.29) is 11.8 Å². The molecule has 1 aliphatic carbocycles. The van der Waals surface area contributed by atoms with Gasteiger partial charge in [0.15, 0.2) is 0 Å². The first-order chi connectivity index (χ1) is 8.44. The Morgan fingerprint density at radius 1 is 1.22 bits per heavy atom. The molecule has 0 atom stereocenters. The topological polar surface area (TPSA) is 46.2 Å². The van der Waals surface area contributed by atoms with Crippen molar-refractivity contribution in [1.82, 2.24) is 5.32 Å². The summed E-state index contributed by atoms with van der Waals surface area (Å²) < 4.78 is 0. The van der Waals surface area contributed by atoms with Crippen LogP contribution < -0.4 is 5.32 Å². The van der Waals surface area contributed by atoms with E-state index >= 15 is 0 Å². The minimum Gasteiger partial charge on any atom is -0.292 e. The van der Waals surface area contributed by atoms with Crippen molar-refractivity contribution in [3.8, 4) is 0 Å². The lowest BCUT2D eigenvalue weighted by molar-refractivity contribution is -0.124. The van der Waals surface area contributed by atoms with Crippen LogP contribution in [0.15, 0.2) is 11.1 Å². The molecule has 3 heteroatoms. The summed E-state index contributed by atoms with van der Waals surface area (Å²) in [5.74, 6) is 0.453. The van der Waals surface area contributed by atoms with Crippen molar-refractivity contribution in [2.45, 2.75) is 59.3 Å². The molecule has 2 aliphatic rings. The zero-order valence-corrected chi connectivity index (χ0v) is 11.6. The second-order valence-corrected chi connectivity index (χ2v) is 6.25. The Morgan fingerprint density at radius 2 is 1.83 bits per heavy atom. The highest BCUT2D eigenvalue weighted by atomic mass is 16.2. The van der Waals surface area contributed by atoms with Crippen LogP contribution in [-0.2, 0) is 9.59 Å². The zero-order valence-electron chi connectivity index (χ0n) is 11.6. The molecule has 1 aliphatic heterocycles. The van der Waals surface area contributed by atoms with Gasteiger partial charge in [0.25, 0.3) is 5.91 Å². The predicted molar refractivity (Wildman–Crippen MR) is 70.8 cm³/mol. The summed E-state index contributed by atoms with van der Waals surface area (Å²) in [5.41, 5.74) is 2.37. The zero-order chi connectivity index (χ0) is 13.3. The normalized spacial score (nSPS) is 25.6. The van der Waals surface area contributed by atoms with Crippen LogP contribution in [0.1, 0.15) is 59.3 Å². The number of carbonyl (C=O) groups excluding carboxylic acids is 2. The summed E-state index contributed by atoms with van der Waals surface area (Å²) in [6, 6.07) is 0. The molecule has 2 fully saturated rings. The molecule has 0 aromatic rings. The fourth-order valence-electron chi connectivity index (χ4n) is 3.11. The maximum Gasteiger partial charge on any atom is 0.254 e. The average molecular weight is 249 g/mol. The highest BCUT2D eigenvalue weighted by Gasteiger charge is 2.33. The summed E-state index contributed by atoms with van der Waals surface area (Å²) >= 11 is 0. The van der Waals surface area contributed by atoms with E-state index in [4.69, 9.17) is 0 Å². The van der Waals surface area contributed by atoms with E-state index < -0.39 is 0 Å². The minimum atomic E-state index is -0.150. The number of rotatable bonds is 2. The Bertz CT molecular complexity index is 397. The van der Waals surface area contributed by atoms with Crippen LogP contribution >= 0.6 is 0 Å². The molecular weight excluding hydrogens is 226 g/mol. The Morgan fingerprint density at radius 3 is 2.28 bits per heavy atom. The second-order valence-electron chi connectivity index (χ2n) is 6.25. The van der Waals surface area contributed by atoms with E-state index in [1.165, 1.54) is 12.0 Å². The number of hydrogen-bond donors (Lipinski definition) is 1. The molecule has 0 radical (unpaired) electrons. The lowest BCUT2D eigenvalue weighted by Crippen LogP contribution is -2.26. The molecule has 0 bridgehead atoms. The van der Waals surface area contributed by atoms with Crippen LogP contribution in [0.4, 0.5) is 0 Å². The van der Waals surface area contributed by atoms with Crippen LogP contribution in [-0.4, -0.2) is 11.8 Å². The smallest absolute Gasteiger partial charge is 0.254 e. The number of nitrogens with one attached hydrogen (secondary N) is 1. The first-order valence-electron chi connectivity index (χ1n) is 6.99. The van der Waals surface area contributed by atoms with Crippen molar-refractivity contribution in [2.24, 2.45) is 11.3 Å². The quantitative estimate of drug-likeness (QED) is 0.604. The maximum absolute atomic E-state index is 11.6. The van der Waals surface area contributed by atoms with Crippen molar-refractivity contribution >= 4 is 11.8 Å². The third-order valence-electron chi connectivity index (χ3n) is 4.90. The SMILES string of the molecule is CCC(C)(C)C1CCC(=C2CC(=O)NC2=O)CC1. The number of allylic oxidation sites excluding steroid dienone is 1. The monoisotopic (exact) mass is 249 g/mol. The lowest BCUT2D eigenvalue weighted by atomic mass is 9.68. The van der Waals surface area contributed by atoms with E-state index in [0.29, 0.717) is 11.8 Å². The maximum atomic E-state index is 11.6. The number of carbonyl (C=O) groups is 2. The number of hydrogen-bond acceptors (Lipinski definition) is 2. The molecule has 3 nitrogen and oxygen atoms in total. The van der Waals surface area contributed by atoms with Gasteiger partial charge in [-0.15, -0.1) is 0 Å². The Hall–Kier alpha value is -1.12. The minimum absolute atomic E-state index is 0.140. The molecule has 0 aromatic heterocycles. The molecule has 0 spiro atoms. The molecule has 0 aromatic carbocycles. The van der Waals surface area contributed by atoms with Gasteiger partial charge in [-0.1, -0.05) is 32.8 Å². The predicted octanol–water partition coefficient (Wildman–Crippen LogP) is 2.96. The third kappa shape index (κ3) is 2.50. The summed E-state index contributed by atoms with van der Waals surface area (Å²) in [7, 11) is 0. The van der Waals surface area contributed by atoms with E-state index in [0.717, 1.165) is 37.2 Å². The van der Waals surface area contributed by atoms with Gasteiger partial charge in [0.05, 0.1) is 6.42 Å². The van der Waals surface area contributed by atoms with Crippen molar-refractivity contribution in [2.75, 3.05) is 0 Å². The molecule has 18 heavy (non-hydrogen) atoms. The second kappa shape index (κ2) is 4.87. The van der Waals surface area contributed by atoms with Crippen molar-refractivity contribution in [3.05, 3.63) is 11.1 Å². The van der Waals surface area contributed by atoms with Gasteiger partial charge in [-0.25, -0.2) is 0 Å². The Kier molecular flexibility index (Phi) is 3.60. The van der Waals surface area contributed by atoms with Crippen LogP contribution in [0.25, 0.3) is 0 Å². The van der Waals surface area contributed by atoms with Gasteiger partial charge in [-0.3, -0.25) is 14.9 Å². The van der Waals surface area contributed by atoms with Gasteiger partial charge in [-0.2, -0.15) is 0 Å². The first kappa shape index (κ1) is 13.3. The van der Waals surface area contributed by atoms with Crippen LogP contribution in [0.5, 0.6) is 0 Å². The van der Waals surface area contributed by atoms with Crippen LogP contribution in [0.3, 0.4) is 0 Å². The summed E-state index contributed by atoms with van der Waals surface area (Å²) in [5, 5.41) is 2.38. The van der Waals surface area contributed by atoms with Gasteiger partial charge in [0.1, 0.15) is 0 Å². The van der Waals surface area contributed by atoms with E-state index in [1.54, 1.807) is 0 Å². The molecule has 0 unspecified atom stereocenters. The average Bonchev–Trinajstić information content (AvgIpc) is 2.69. The van der Waals surface area contributed by atoms with Crippen LogP contribution in [0, 0.1) is 11.3 Å². The Balaban J connectivity index is 2.05. The van der Waals surface area contributed by atoms with Crippen LogP contribution in [0.2, 0.25) is 0 Å². The summed E-state index contributed by atoms with van der Waals surface area (Å²) in [4.78, 5) is 22.8. The van der Waals surface area contributed by atoms with Gasteiger partial charge in [0, 0.05) is 5.57 Å². The highest BCUT2D eigenvalue weighted by molar-refractivity contribution is 6.13. The summed E-state index contributed by atoms with van der Waals surface area (Å²) in [6.45, 7) is 6.92. The fourth-order valence-corrected chi connectivity index (χ4v) is 3.11. The van der Waals surface area contributed by atoms with Gasteiger partial charge in [-0.05, 0) is 37.0 Å². The third-order valence-corrected chi connectivity index (χ3v) is 4.90. The van der Waals surface area contributed by atoms with E-state index in [9.17, 15) is 9.59 Å². The molecular formula is C15H23NO2. The molecule has 1 saturated carbocycles. The summed E-state index contributed by atoms with van der Waals surface area (Å²) in [6.07, 6.45) is 5.79. The number of imide groups is 1. The Labute approximate surface area is 109 Å². The van der Waals surface area contributed by atoms with Gasteiger partial charge in [0.2, 0.25) is 5.91 Å². The van der Waals surface area contributed by atoms with Crippen molar-refractivity contribution in [3.63, 3.8) is 0 Å². The lowest BCUT2D eigenvalue weighted by Gasteiger charge is -2.37. The number of amides is 2. The molecule has 2 amide bonds. The molecule has 2 rings (SSSR count). The van der Waals surface area contributed by atoms with Crippen molar-refractivity contribution < 1.29 is 9.59 Å². The molecule has 1 saturated heterocycles. The van der Waals surface area contributed by atoms with Gasteiger partial charge >= 0.3 is 0 Å². The van der Waals surface area contributed by atoms with E-state index in [1.807, 2.05) is 0 Å².